The molecule has 0 spiro atoms. The highest BCUT2D eigenvalue weighted by Crippen LogP contribution is 2.20. The van der Waals surface area contributed by atoms with E-state index in [4.69, 9.17) is 4.74 Å². The summed E-state index contributed by atoms with van der Waals surface area (Å²) < 4.78 is 19.2. The number of pyridine rings is 1. The van der Waals surface area contributed by atoms with Gasteiger partial charge in [0, 0.05) is 19.7 Å². The third-order valence-electron chi connectivity index (χ3n) is 5.17. The number of fused-ring (bicyclic) bond motifs is 1. The molecule has 0 saturated heterocycles. The molecular weight excluding hydrogens is 411 g/mol. The van der Waals surface area contributed by atoms with Gasteiger partial charge in [0.05, 0.1) is 11.9 Å². The Morgan fingerprint density at radius 3 is 2.31 bits per heavy atom. The third kappa shape index (κ3) is 5.79. The van der Waals surface area contributed by atoms with Crippen molar-refractivity contribution in [3.05, 3.63) is 71.3 Å². The number of ether oxygens (including phenoxy) is 1. The average Bonchev–Trinajstić information content (AvgIpc) is 2.80. The Balaban J connectivity index is 1.60. The molecule has 0 aliphatic rings. The van der Waals surface area contributed by atoms with E-state index in [9.17, 15) is 14.0 Å². The van der Waals surface area contributed by atoms with Gasteiger partial charge in [-0.15, -0.1) is 0 Å². The van der Waals surface area contributed by atoms with E-state index >= 15 is 0 Å². The number of halogens is 1. The van der Waals surface area contributed by atoms with Crippen molar-refractivity contribution in [1.82, 2.24) is 15.2 Å². The molecule has 0 fully saturated rings. The highest BCUT2D eigenvalue weighted by molar-refractivity contribution is 5.93. The van der Waals surface area contributed by atoms with Gasteiger partial charge in [-0.05, 0) is 47.1 Å². The Hall–Kier alpha value is -3.52. The molecule has 0 aliphatic carbocycles. The maximum Gasteiger partial charge on any atom is 0.412 e. The first-order chi connectivity index (χ1) is 15.4. The largest absolute Gasteiger partial charge is 0.444 e. The lowest BCUT2D eigenvalue weighted by molar-refractivity contribution is 0.0953. The second kappa shape index (κ2) is 10.7. The number of carbonyl (C=O) groups excluding carboxylic acids is 2. The fraction of sp³-hybridized carbons (Fsp3) is 0.292. The van der Waals surface area contributed by atoms with E-state index in [1.165, 1.54) is 18.8 Å². The van der Waals surface area contributed by atoms with Crippen molar-refractivity contribution in [3.63, 3.8) is 0 Å². The molecule has 2 N–H and O–H groups in total. The van der Waals surface area contributed by atoms with Gasteiger partial charge in [0.25, 0.3) is 5.91 Å². The fourth-order valence-electron chi connectivity index (χ4n) is 3.33. The van der Waals surface area contributed by atoms with Crippen LogP contribution in [-0.2, 0) is 17.9 Å². The van der Waals surface area contributed by atoms with Crippen LogP contribution in [0.1, 0.15) is 35.5 Å². The molecule has 7 nitrogen and oxygen atoms in total. The van der Waals surface area contributed by atoms with Gasteiger partial charge in [0.1, 0.15) is 6.61 Å². The molecule has 0 atom stereocenters. The number of rotatable bonds is 8. The first kappa shape index (κ1) is 23.1. The second-order valence-corrected chi connectivity index (χ2v) is 7.31. The molecule has 0 unspecified atom stereocenters. The van der Waals surface area contributed by atoms with Gasteiger partial charge in [0.2, 0.25) is 0 Å². The van der Waals surface area contributed by atoms with Crippen LogP contribution in [0.15, 0.2) is 48.7 Å². The third-order valence-corrected chi connectivity index (χ3v) is 5.17. The molecule has 0 saturated carbocycles. The number of aromatic nitrogens is 1. The lowest BCUT2D eigenvalue weighted by Crippen LogP contribution is -2.21. The number of carbonyl (C=O) groups is 2. The summed E-state index contributed by atoms with van der Waals surface area (Å²) in [7, 11) is 1.38. The number of anilines is 1. The van der Waals surface area contributed by atoms with E-state index < -0.39 is 17.8 Å². The van der Waals surface area contributed by atoms with E-state index in [0.717, 1.165) is 42.0 Å². The lowest BCUT2D eigenvalue weighted by atomic mass is 10.0. The number of nitrogens with zero attached hydrogens (tertiary/aromatic N) is 2. The topological polar surface area (TPSA) is 83.6 Å². The van der Waals surface area contributed by atoms with Crippen molar-refractivity contribution in [2.45, 2.75) is 27.0 Å². The minimum Gasteiger partial charge on any atom is -0.444 e. The molecular formula is C24H27FN4O3. The van der Waals surface area contributed by atoms with Crippen molar-refractivity contribution in [3.8, 4) is 0 Å². The Labute approximate surface area is 186 Å². The van der Waals surface area contributed by atoms with Gasteiger partial charge in [-0.2, -0.15) is 0 Å². The number of nitrogens with one attached hydrogen (secondary N) is 2. The standard InChI is InChI=1S/C24H27FN4O3/c1-4-29(5-2)14-16-6-8-19-11-17(7-9-18(19)10-16)15-32-24(31)28-20-12-21(25)22(27-13-20)23(30)26-3/h6-13H,4-5,14-15H2,1-3H3,(H,26,30)(H,28,31). The van der Waals surface area contributed by atoms with Crippen LogP contribution in [0.25, 0.3) is 10.8 Å². The maximum atomic E-state index is 14.0. The van der Waals surface area contributed by atoms with Gasteiger partial charge in [-0.3, -0.25) is 15.0 Å². The van der Waals surface area contributed by atoms with Crippen molar-refractivity contribution in [1.29, 1.82) is 0 Å². The summed E-state index contributed by atoms with van der Waals surface area (Å²) in [4.78, 5) is 29.6. The molecule has 0 bridgehead atoms. The molecule has 32 heavy (non-hydrogen) atoms. The monoisotopic (exact) mass is 438 g/mol. The average molecular weight is 439 g/mol. The number of amides is 2. The van der Waals surface area contributed by atoms with Crippen molar-refractivity contribution < 1.29 is 18.7 Å². The van der Waals surface area contributed by atoms with Crippen LogP contribution in [0.2, 0.25) is 0 Å². The van der Waals surface area contributed by atoms with Crippen LogP contribution < -0.4 is 10.6 Å². The molecule has 3 aromatic rings. The molecule has 168 valence electrons. The summed E-state index contributed by atoms with van der Waals surface area (Å²) in [6.45, 7) is 7.30. The van der Waals surface area contributed by atoms with Crippen LogP contribution in [0.4, 0.5) is 14.9 Å². The minimum absolute atomic E-state index is 0.0647. The Morgan fingerprint density at radius 2 is 1.69 bits per heavy atom. The molecule has 2 amide bonds. The van der Waals surface area contributed by atoms with Crippen LogP contribution in [0.5, 0.6) is 0 Å². The summed E-state index contributed by atoms with van der Waals surface area (Å²) in [6, 6.07) is 13.3. The van der Waals surface area contributed by atoms with Gasteiger partial charge in [0.15, 0.2) is 11.5 Å². The molecule has 8 heteroatoms. The van der Waals surface area contributed by atoms with E-state index in [2.05, 4.69) is 52.6 Å². The number of benzene rings is 2. The SMILES string of the molecule is CCN(CC)Cc1ccc2cc(COC(=O)Nc3cnc(C(=O)NC)c(F)c3)ccc2c1. The van der Waals surface area contributed by atoms with Gasteiger partial charge >= 0.3 is 6.09 Å². The van der Waals surface area contributed by atoms with Crippen molar-refractivity contribution in [2.75, 3.05) is 25.5 Å². The summed E-state index contributed by atoms with van der Waals surface area (Å²) in [5.41, 5.74) is 1.85. The van der Waals surface area contributed by atoms with Gasteiger partial charge in [-0.25, -0.2) is 14.2 Å². The first-order valence-corrected chi connectivity index (χ1v) is 10.5. The zero-order valence-corrected chi connectivity index (χ0v) is 18.4. The van der Waals surface area contributed by atoms with Crippen molar-refractivity contribution >= 4 is 28.5 Å². The van der Waals surface area contributed by atoms with Gasteiger partial charge < -0.3 is 10.1 Å². The Morgan fingerprint density at radius 1 is 1.03 bits per heavy atom. The summed E-state index contributed by atoms with van der Waals surface area (Å²) in [6.07, 6.45) is 0.453. The molecule has 1 heterocycles. The molecule has 1 aromatic heterocycles. The van der Waals surface area contributed by atoms with Crippen molar-refractivity contribution in [2.24, 2.45) is 0 Å². The summed E-state index contributed by atoms with van der Waals surface area (Å²) in [5.74, 6) is -1.48. The van der Waals surface area contributed by atoms with E-state index in [0.29, 0.717) is 0 Å². The summed E-state index contributed by atoms with van der Waals surface area (Å²) in [5, 5.41) is 6.89. The zero-order chi connectivity index (χ0) is 23.1. The predicted octanol–water partition coefficient (Wildman–Crippen LogP) is 4.32. The second-order valence-electron chi connectivity index (χ2n) is 7.31. The van der Waals surface area contributed by atoms with Crippen LogP contribution >= 0.6 is 0 Å². The molecule has 0 aliphatic heterocycles. The Bertz CT molecular complexity index is 1120. The highest BCUT2D eigenvalue weighted by Gasteiger charge is 2.14. The molecule has 0 radical (unpaired) electrons. The first-order valence-electron chi connectivity index (χ1n) is 10.5. The fourth-order valence-corrected chi connectivity index (χ4v) is 3.33. The summed E-state index contributed by atoms with van der Waals surface area (Å²) >= 11 is 0. The van der Waals surface area contributed by atoms with E-state index in [-0.39, 0.29) is 18.0 Å². The molecule has 2 aromatic carbocycles. The van der Waals surface area contributed by atoms with Gasteiger partial charge in [-0.1, -0.05) is 38.1 Å². The maximum absolute atomic E-state index is 14.0. The van der Waals surface area contributed by atoms with E-state index in [1.807, 2.05) is 18.2 Å². The van der Waals surface area contributed by atoms with Crippen LogP contribution in [-0.4, -0.2) is 42.0 Å². The minimum atomic E-state index is -0.836. The lowest BCUT2D eigenvalue weighted by Gasteiger charge is -2.18. The van der Waals surface area contributed by atoms with E-state index in [1.54, 1.807) is 0 Å². The van der Waals surface area contributed by atoms with Crippen LogP contribution in [0.3, 0.4) is 0 Å². The molecule has 3 rings (SSSR count). The number of hydrogen-bond donors (Lipinski definition) is 2. The Kier molecular flexibility index (Phi) is 7.72. The zero-order valence-electron chi connectivity index (χ0n) is 18.4. The normalized spacial score (nSPS) is 10.9. The smallest absolute Gasteiger partial charge is 0.412 e. The van der Waals surface area contributed by atoms with Crippen LogP contribution in [0, 0.1) is 5.82 Å². The number of hydrogen-bond acceptors (Lipinski definition) is 5. The highest BCUT2D eigenvalue weighted by atomic mass is 19.1. The quantitative estimate of drug-likeness (QED) is 0.547. The predicted molar refractivity (Wildman–Crippen MR) is 122 cm³/mol.